The summed E-state index contributed by atoms with van der Waals surface area (Å²) >= 11 is 7.22. The molecule has 0 fully saturated rings. The van der Waals surface area contributed by atoms with E-state index in [4.69, 9.17) is 16.3 Å². The lowest BCUT2D eigenvalue weighted by Gasteiger charge is -2.05. The molecule has 3 aromatic rings. The number of carbonyl (C=O) groups is 1. The molecule has 0 saturated heterocycles. The molecule has 22 heavy (non-hydrogen) atoms. The summed E-state index contributed by atoms with van der Waals surface area (Å²) in [6.45, 7) is 1.68. The number of rotatable bonds is 3. The minimum absolute atomic E-state index is 0.104. The van der Waals surface area contributed by atoms with Crippen LogP contribution in [0.25, 0.3) is 4.96 Å². The lowest BCUT2D eigenvalue weighted by atomic mass is 10.2. The number of nitrogens with zero attached hydrogens (tertiary/aromatic N) is 3. The van der Waals surface area contributed by atoms with Gasteiger partial charge in [-0.3, -0.25) is 4.79 Å². The largest absolute Gasteiger partial charge is 0.456 e. The van der Waals surface area contributed by atoms with Crippen molar-refractivity contribution >= 4 is 33.9 Å². The van der Waals surface area contributed by atoms with Gasteiger partial charge < -0.3 is 4.74 Å². The van der Waals surface area contributed by atoms with E-state index >= 15 is 0 Å². The van der Waals surface area contributed by atoms with Crippen LogP contribution in [0.5, 0.6) is 0 Å². The molecule has 1 aromatic carbocycles. The first kappa shape index (κ1) is 14.7. The van der Waals surface area contributed by atoms with Crippen molar-refractivity contribution in [1.29, 1.82) is 0 Å². The number of hydrogen-bond donors (Lipinski definition) is 0. The molecule has 0 atom stereocenters. The zero-order valence-corrected chi connectivity index (χ0v) is 13.0. The summed E-state index contributed by atoms with van der Waals surface area (Å²) in [5, 5.41) is 5.09. The molecule has 0 aliphatic heterocycles. The molecule has 8 heteroatoms. The fourth-order valence-corrected chi connectivity index (χ4v) is 2.85. The van der Waals surface area contributed by atoms with Crippen molar-refractivity contribution < 1.29 is 9.53 Å². The Bertz CT molecular complexity index is 919. The first-order valence-electron chi connectivity index (χ1n) is 6.32. The van der Waals surface area contributed by atoms with Crippen LogP contribution in [0, 0.1) is 6.92 Å². The Hall–Kier alpha value is -2.25. The highest BCUT2D eigenvalue weighted by Gasteiger charge is 2.13. The lowest BCUT2D eigenvalue weighted by Crippen LogP contribution is -2.16. The second kappa shape index (κ2) is 5.86. The number of benzene rings is 1. The van der Waals surface area contributed by atoms with Gasteiger partial charge in [-0.25, -0.2) is 9.78 Å². The highest BCUT2D eigenvalue weighted by Crippen LogP contribution is 2.16. The van der Waals surface area contributed by atoms with Crippen LogP contribution in [0.2, 0.25) is 5.02 Å². The highest BCUT2D eigenvalue weighted by molar-refractivity contribution is 7.16. The van der Waals surface area contributed by atoms with Gasteiger partial charge in [0, 0.05) is 6.07 Å². The fraction of sp³-hybridized carbons (Fsp3) is 0.143. The summed E-state index contributed by atoms with van der Waals surface area (Å²) in [7, 11) is 0. The Morgan fingerprint density at radius 1 is 1.41 bits per heavy atom. The predicted octanol–water partition coefficient (Wildman–Crippen LogP) is 2.47. The SMILES string of the molecule is Cc1nn2c(=O)cc(COC(=O)c3ccccc3Cl)nc2s1. The molecule has 0 N–H and O–H groups in total. The smallest absolute Gasteiger partial charge is 0.340 e. The third-order valence-corrected chi connectivity index (χ3v) is 4.00. The number of aryl methyl sites for hydroxylation is 1. The van der Waals surface area contributed by atoms with Crippen molar-refractivity contribution in [3.05, 3.63) is 62.0 Å². The molecule has 0 aliphatic rings. The Kier molecular flexibility index (Phi) is 3.91. The second-order valence-corrected chi connectivity index (χ2v) is 6.02. The van der Waals surface area contributed by atoms with Gasteiger partial charge in [0.1, 0.15) is 11.6 Å². The summed E-state index contributed by atoms with van der Waals surface area (Å²) in [4.78, 5) is 28.6. The number of aromatic nitrogens is 3. The van der Waals surface area contributed by atoms with Gasteiger partial charge in [-0.1, -0.05) is 35.1 Å². The molecule has 112 valence electrons. The van der Waals surface area contributed by atoms with E-state index in [1.54, 1.807) is 31.2 Å². The van der Waals surface area contributed by atoms with Crippen molar-refractivity contribution in [2.24, 2.45) is 0 Å². The molecule has 3 rings (SSSR count). The van der Waals surface area contributed by atoms with Crippen LogP contribution in [-0.2, 0) is 11.3 Å². The third-order valence-electron chi connectivity index (χ3n) is 2.84. The zero-order chi connectivity index (χ0) is 15.7. The molecule has 0 bridgehead atoms. The topological polar surface area (TPSA) is 73.6 Å². The van der Waals surface area contributed by atoms with Crippen LogP contribution in [0.1, 0.15) is 21.1 Å². The number of fused-ring (bicyclic) bond motifs is 1. The predicted molar refractivity (Wildman–Crippen MR) is 82.4 cm³/mol. The van der Waals surface area contributed by atoms with Gasteiger partial charge in [0.05, 0.1) is 16.3 Å². The molecule has 0 unspecified atom stereocenters. The van der Waals surface area contributed by atoms with Gasteiger partial charge >= 0.3 is 5.97 Å². The van der Waals surface area contributed by atoms with E-state index in [-0.39, 0.29) is 17.7 Å². The van der Waals surface area contributed by atoms with Gasteiger partial charge in [-0.05, 0) is 19.1 Å². The summed E-state index contributed by atoms with van der Waals surface area (Å²) < 4.78 is 6.38. The average Bonchev–Trinajstić information content (AvgIpc) is 2.86. The Balaban J connectivity index is 1.81. The standard InChI is InChI=1S/C14H10ClN3O3S/c1-8-17-18-12(19)6-9(16-14(18)22-8)7-21-13(20)10-4-2-3-5-11(10)15/h2-6H,7H2,1H3. The van der Waals surface area contributed by atoms with E-state index in [0.717, 1.165) is 5.01 Å². The Morgan fingerprint density at radius 2 is 2.18 bits per heavy atom. The molecular formula is C14H10ClN3O3S. The van der Waals surface area contributed by atoms with E-state index in [0.29, 0.717) is 15.7 Å². The quantitative estimate of drug-likeness (QED) is 0.687. The third kappa shape index (κ3) is 2.86. The highest BCUT2D eigenvalue weighted by atomic mass is 35.5. The van der Waals surface area contributed by atoms with E-state index in [1.165, 1.54) is 21.9 Å². The van der Waals surface area contributed by atoms with E-state index in [1.807, 2.05) is 0 Å². The van der Waals surface area contributed by atoms with Crippen molar-refractivity contribution in [3.8, 4) is 0 Å². The van der Waals surface area contributed by atoms with E-state index in [2.05, 4.69) is 10.1 Å². The summed E-state index contributed by atoms with van der Waals surface area (Å²) in [5.41, 5.74) is 0.336. The number of carbonyl (C=O) groups excluding carboxylic acids is 1. The van der Waals surface area contributed by atoms with Gasteiger partial charge in [0.15, 0.2) is 0 Å². The molecule has 0 amide bonds. The van der Waals surface area contributed by atoms with Crippen LogP contribution in [0.3, 0.4) is 0 Å². The maximum Gasteiger partial charge on any atom is 0.340 e. The zero-order valence-electron chi connectivity index (χ0n) is 11.4. The van der Waals surface area contributed by atoms with Crippen LogP contribution >= 0.6 is 22.9 Å². The summed E-state index contributed by atoms with van der Waals surface area (Å²) in [5.74, 6) is -0.562. The van der Waals surface area contributed by atoms with Crippen LogP contribution in [-0.4, -0.2) is 20.6 Å². The van der Waals surface area contributed by atoms with Crippen molar-refractivity contribution in [2.45, 2.75) is 13.5 Å². The molecule has 0 spiro atoms. The summed E-state index contributed by atoms with van der Waals surface area (Å²) in [6, 6.07) is 7.89. The normalized spacial score (nSPS) is 10.8. The van der Waals surface area contributed by atoms with Crippen LogP contribution in [0.15, 0.2) is 35.1 Å². The maximum atomic E-state index is 12.0. The van der Waals surface area contributed by atoms with Crippen molar-refractivity contribution in [1.82, 2.24) is 14.6 Å². The molecule has 2 heterocycles. The average molecular weight is 336 g/mol. The molecule has 0 aliphatic carbocycles. The molecule has 6 nitrogen and oxygen atoms in total. The Morgan fingerprint density at radius 3 is 2.95 bits per heavy atom. The number of esters is 1. The summed E-state index contributed by atoms with van der Waals surface area (Å²) in [6.07, 6.45) is 0. The molecule has 0 saturated carbocycles. The maximum absolute atomic E-state index is 12.0. The minimum atomic E-state index is -0.562. The fourth-order valence-electron chi connectivity index (χ4n) is 1.87. The van der Waals surface area contributed by atoms with Crippen LogP contribution < -0.4 is 5.56 Å². The van der Waals surface area contributed by atoms with Gasteiger partial charge in [-0.15, -0.1) is 0 Å². The van der Waals surface area contributed by atoms with E-state index < -0.39 is 5.97 Å². The number of halogens is 1. The van der Waals surface area contributed by atoms with Gasteiger partial charge in [0.25, 0.3) is 5.56 Å². The lowest BCUT2D eigenvalue weighted by molar-refractivity contribution is 0.0468. The molecule has 0 radical (unpaired) electrons. The number of ether oxygens (including phenoxy) is 1. The minimum Gasteiger partial charge on any atom is -0.456 e. The van der Waals surface area contributed by atoms with Gasteiger partial charge in [-0.2, -0.15) is 9.61 Å². The number of hydrogen-bond acceptors (Lipinski definition) is 6. The van der Waals surface area contributed by atoms with Crippen LogP contribution in [0.4, 0.5) is 0 Å². The first-order valence-corrected chi connectivity index (χ1v) is 7.52. The van der Waals surface area contributed by atoms with Crippen molar-refractivity contribution in [2.75, 3.05) is 0 Å². The Labute approximate surface area is 133 Å². The molecular weight excluding hydrogens is 326 g/mol. The first-order chi connectivity index (χ1) is 10.5. The second-order valence-electron chi connectivity index (χ2n) is 4.46. The van der Waals surface area contributed by atoms with E-state index in [9.17, 15) is 9.59 Å². The van der Waals surface area contributed by atoms with Crippen molar-refractivity contribution in [3.63, 3.8) is 0 Å². The molecule has 2 aromatic heterocycles. The van der Waals surface area contributed by atoms with Gasteiger partial charge in [0.2, 0.25) is 4.96 Å². The monoisotopic (exact) mass is 335 g/mol.